The fraction of sp³-hybridized carbons (Fsp3) is 0.208. The van der Waals surface area contributed by atoms with Gasteiger partial charge in [-0.15, -0.1) is 0 Å². The number of sulfonamides is 2. The summed E-state index contributed by atoms with van der Waals surface area (Å²) >= 11 is 5.82. The van der Waals surface area contributed by atoms with Gasteiger partial charge in [0.15, 0.2) is 0 Å². The molecular formula is C24H24ClN3O5S2. The lowest BCUT2D eigenvalue weighted by molar-refractivity contribution is 0.102. The molecule has 0 spiro atoms. The Labute approximate surface area is 210 Å². The smallest absolute Gasteiger partial charge is 0.261 e. The molecule has 0 aromatic heterocycles. The Morgan fingerprint density at radius 1 is 0.800 bits per heavy atom. The van der Waals surface area contributed by atoms with Gasteiger partial charge < -0.3 is 5.32 Å². The molecule has 1 heterocycles. The van der Waals surface area contributed by atoms with Gasteiger partial charge in [0.2, 0.25) is 10.0 Å². The normalized spacial score (nSPS) is 14.5. The average molecular weight is 534 g/mol. The van der Waals surface area contributed by atoms with Gasteiger partial charge in [-0.05, 0) is 79.1 Å². The lowest BCUT2D eigenvalue weighted by Gasteiger charge is -2.15. The molecule has 1 aliphatic heterocycles. The number of rotatable bonds is 8. The van der Waals surface area contributed by atoms with Gasteiger partial charge in [0.1, 0.15) is 0 Å². The van der Waals surface area contributed by atoms with Crippen LogP contribution < -0.4 is 10.0 Å². The van der Waals surface area contributed by atoms with Crippen molar-refractivity contribution in [1.29, 1.82) is 0 Å². The monoisotopic (exact) mass is 533 g/mol. The Balaban J connectivity index is 1.37. The first-order valence-electron chi connectivity index (χ1n) is 10.9. The average Bonchev–Trinajstić information content (AvgIpc) is 3.37. The van der Waals surface area contributed by atoms with Crippen molar-refractivity contribution in [2.75, 3.05) is 23.1 Å². The maximum Gasteiger partial charge on any atom is 0.261 e. The maximum absolute atomic E-state index is 12.6. The highest BCUT2D eigenvalue weighted by molar-refractivity contribution is 7.92. The molecule has 1 aliphatic rings. The van der Waals surface area contributed by atoms with Crippen molar-refractivity contribution in [3.05, 3.63) is 88.9 Å². The van der Waals surface area contributed by atoms with Gasteiger partial charge in [-0.1, -0.05) is 23.7 Å². The molecule has 0 aliphatic carbocycles. The van der Waals surface area contributed by atoms with E-state index in [2.05, 4.69) is 10.0 Å². The van der Waals surface area contributed by atoms with Crippen molar-refractivity contribution < 1.29 is 21.6 Å². The number of carbonyl (C=O) groups is 1. The minimum atomic E-state index is -3.81. The quantitative estimate of drug-likeness (QED) is 0.448. The van der Waals surface area contributed by atoms with Crippen LogP contribution in [0, 0.1) is 0 Å². The van der Waals surface area contributed by atoms with E-state index in [9.17, 15) is 21.6 Å². The zero-order chi connectivity index (χ0) is 25.1. The molecule has 8 nitrogen and oxygen atoms in total. The number of hydrogen-bond donors (Lipinski definition) is 2. The van der Waals surface area contributed by atoms with Crippen LogP contribution in [-0.2, 0) is 25.8 Å². The molecule has 0 atom stereocenters. The molecule has 1 saturated heterocycles. The summed E-state index contributed by atoms with van der Waals surface area (Å²) in [7, 11) is -7.17. The summed E-state index contributed by atoms with van der Waals surface area (Å²) in [4.78, 5) is 12.6. The molecule has 4 rings (SSSR count). The van der Waals surface area contributed by atoms with Gasteiger partial charge >= 0.3 is 0 Å². The predicted molar refractivity (Wildman–Crippen MR) is 137 cm³/mol. The van der Waals surface area contributed by atoms with E-state index in [4.69, 9.17) is 11.6 Å². The van der Waals surface area contributed by atoms with Gasteiger partial charge in [-0.3, -0.25) is 9.52 Å². The van der Waals surface area contributed by atoms with E-state index in [0.717, 1.165) is 12.8 Å². The van der Waals surface area contributed by atoms with Crippen LogP contribution in [0.15, 0.2) is 77.7 Å². The number of amides is 1. The van der Waals surface area contributed by atoms with Crippen molar-refractivity contribution in [3.63, 3.8) is 0 Å². The lowest BCUT2D eigenvalue weighted by Crippen LogP contribution is -2.29. The van der Waals surface area contributed by atoms with Crippen LogP contribution in [0.4, 0.5) is 11.4 Å². The summed E-state index contributed by atoms with van der Waals surface area (Å²) in [5.41, 5.74) is 1.76. The molecule has 0 unspecified atom stereocenters. The number of nitrogens with zero attached hydrogens (tertiary/aromatic N) is 1. The molecule has 0 saturated carbocycles. The van der Waals surface area contributed by atoms with Gasteiger partial charge in [0.25, 0.3) is 15.9 Å². The van der Waals surface area contributed by atoms with E-state index < -0.39 is 26.0 Å². The van der Waals surface area contributed by atoms with E-state index in [1.165, 1.54) is 28.6 Å². The highest BCUT2D eigenvalue weighted by Gasteiger charge is 2.25. The number of hydrogen-bond acceptors (Lipinski definition) is 5. The molecule has 1 amide bonds. The Bertz CT molecular complexity index is 1400. The van der Waals surface area contributed by atoms with E-state index >= 15 is 0 Å². The molecule has 35 heavy (non-hydrogen) atoms. The van der Waals surface area contributed by atoms with Crippen molar-refractivity contribution in [2.24, 2.45) is 0 Å². The van der Waals surface area contributed by atoms with Gasteiger partial charge in [0.05, 0.1) is 10.6 Å². The Hall–Kier alpha value is -2.92. The highest BCUT2D eigenvalue weighted by Crippen LogP contribution is 2.21. The van der Waals surface area contributed by atoms with Crippen LogP contribution in [0.25, 0.3) is 0 Å². The zero-order valence-electron chi connectivity index (χ0n) is 18.6. The third-order valence-corrected chi connectivity index (χ3v) is 9.04. The molecule has 0 radical (unpaired) electrons. The number of nitrogens with one attached hydrogen (secondary N) is 2. The fourth-order valence-electron chi connectivity index (χ4n) is 3.67. The lowest BCUT2D eigenvalue weighted by atomic mass is 10.1. The van der Waals surface area contributed by atoms with Crippen molar-refractivity contribution in [3.8, 4) is 0 Å². The Morgan fingerprint density at radius 2 is 1.37 bits per heavy atom. The predicted octanol–water partition coefficient (Wildman–Crippen LogP) is 4.32. The second kappa shape index (κ2) is 10.4. The van der Waals surface area contributed by atoms with Crippen LogP contribution in [0.2, 0.25) is 5.02 Å². The van der Waals surface area contributed by atoms with Crippen molar-refractivity contribution in [2.45, 2.75) is 23.5 Å². The minimum absolute atomic E-state index is 0.0361. The van der Waals surface area contributed by atoms with Gasteiger partial charge in [-0.25, -0.2) is 21.1 Å². The van der Waals surface area contributed by atoms with E-state index in [0.29, 0.717) is 40.6 Å². The first-order chi connectivity index (χ1) is 16.6. The molecule has 3 aromatic rings. The summed E-state index contributed by atoms with van der Waals surface area (Å²) in [5, 5.41) is 3.21. The maximum atomic E-state index is 12.6. The summed E-state index contributed by atoms with van der Waals surface area (Å²) in [5.74, 6) is -0.497. The number of halogens is 1. The molecule has 11 heteroatoms. The van der Waals surface area contributed by atoms with E-state index in [1.807, 2.05) is 0 Å². The number of carbonyl (C=O) groups excluding carboxylic acids is 1. The summed E-state index contributed by atoms with van der Waals surface area (Å²) in [6, 6.07) is 18.4. The van der Waals surface area contributed by atoms with Crippen LogP contribution in [-0.4, -0.2) is 40.1 Å². The van der Waals surface area contributed by atoms with Crippen LogP contribution in [0.1, 0.15) is 28.8 Å². The van der Waals surface area contributed by atoms with Crippen LogP contribution >= 0.6 is 11.6 Å². The number of benzene rings is 3. The Kier molecular flexibility index (Phi) is 7.46. The molecule has 184 valence electrons. The third-order valence-electron chi connectivity index (χ3n) is 5.54. The molecular weight excluding hydrogens is 510 g/mol. The highest BCUT2D eigenvalue weighted by atomic mass is 35.5. The Morgan fingerprint density at radius 3 is 1.97 bits per heavy atom. The fourth-order valence-corrected chi connectivity index (χ4v) is 6.47. The van der Waals surface area contributed by atoms with Gasteiger partial charge in [0, 0.05) is 35.1 Å². The summed E-state index contributed by atoms with van der Waals surface area (Å²) in [6.45, 7) is 1.11. The zero-order valence-corrected chi connectivity index (χ0v) is 21.0. The summed E-state index contributed by atoms with van der Waals surface area (Å²) in [6.07, 6.45) is 1.76. The molecule has 2 N–H and O–H groups in total. The SMILES string of the molecule is O=C(Nc1ccc(S(=O)(=O)Nc2ccc(Cl)cc2)cc1)c1ccc(CS(=O)(=O)N2CCCC2)cc1. The topological polar surface area (TPSA) is 113 Å². The van der Waals surface area contributed by atoms with Crippen molar-refractivity contribution >= 4 is 48.9 Å². The molecule has 1 fully saturated rings. The minimum Gasteiger partial charge on any atom is -0.322 e. The standard InChI is InChI=1S/C24H24ClN3O5S2/c25-20-7-9-22(10-8-20)27-35(32,33)23-13-11-21(12-14-23)26-24(29)19-5-3-18(4-6-19)17-34(30,31)28-15-1-2-16-28/h3-14,27H,1-2,15-17H2,(H,26,29). The molecule has 0 bridgehead atoms. The van der Waals surface area contributed by atoms with E-state index in [1.54, 1.807) is 48.5 Å². The first kappa shape index (κ1) is 25.2. The molecule has 3 aromatic carbocycles. The second-order valence-corrected chi connectivity index (χ2v) is 12.2. The van der Waals surface area contributed by atoms with Crippen LogP contribution in [0.3, 0.4) is 0 Å². The summed E-state index contributed by atoms with van der Waals surface area (Å²) < 4.78 is 54.1. The van der Waals surface area contributed by atoms with E-state index in [-0.39, 0.29) is 10.6 Å². The van der Waals surface area contributed by atoms with Crippen LogP contribution in [0.5, 0.6) is 0 Å². The number of anilines is 2. The van der Waals surface area contributed by atoms with Crippen molar-refractivity contribution in [1.82, 2.24) is 4.31 Å². The largest absolute Gasteiger partial charge is 0.322 e. The third kappa shape index (κ3) is 6.40. The second-order valence-electron chi connectivity index (χ2n) is 8.15. The first-order valence-corrected chi connectivity index (χ1v) is 14.4. The van der Waals surface area contributed by atoms with Gasteiger partial charge in [-0.2, -0.15) is 0 Å².